The zero-order valence-corrected chi connectivity index (χ0v) is 19.1. The number of halogens is 2. The van der Waals surface area contributed by atoms with Gasteiger partial charge in [0.15, 0.2) is 0 Å². The van der Waals surface area contributed by atoms with Gasteiger partial charge in [-0.25, -0.2) is 0 Å². The molecule has 0 aliphatic heterocycles. The summed E-state index contributed by atoms with van der Waals surface area (Å²) in [5, 5.41) is 12.8. The summed E-state index contributed by atoms with van der Waals surface area (Å²) in [5.41, 5.74) is 3.09. The van der Waals surface area contributed by atoms with Crippen LogP contribution in [0.1, 0.15) is 16.7 Å². The Kier molecular flexibility index (Phi) is 7.50. The molecule has 0 aliphatic rings. The number of amides is 1. The average Bonchev–Trinajstić information content (AvgIpc) is 2.75. The minimum absolute atomic E-state index is 0.0305. The summed E-state index contributed by atoms with van der Waals surface area (Å²) in [6.07, 6.45) is 1.52. The Hall–Kier alpha value is -2.82. The first-order valence-electron chi connectivity index (χ1n) is 9.12. The van der Waals surface area contributed by atoms with Crippen molar-refractivity contribution in [3.05, 3.63) is 97.6 Å². The van der Waals surface area contributed by atoms with Crippen LogP contribution >= 0.6 is 34.2 Å². The van der Waals surface area contributed by atoms with Crippen LogP contribution in [0.15, 0.2) is 72.3 Å². The Labute approximate surface area is 194 Å². The van der Waals surface area contributed by atoms with E-state index < -0.39 is 5.91 Å². The summed E-state index contributed by atoms with van der Waals surface area (Å²) in [7, 11) is 0. The number of nitrogens with zero attached hydrogens (tertiary/aromatic N) is 1. The monoisotopic (exact) mass is 528 g/mol. The molecule has 0 aliphatic carbocycles. The van der Waals surface area contributed by atoms with Gasteiger partial charge in [-0.15, -0.1) is 0 Å². The van der Waals surface area contributed by atoms with Gasteiger partial charge in [0.1, 0.15) is 24.0 Å². The highest BCUT2D eigenvalue weighted by molar-refractivity contribution is 14.1. The number of anilines is 1. The van der Waals surface area contributed by atoms with Gasteiger partial charge < -0.3 is 10.1 Å². The first-order valence-corrected chi connectivity index (χ1v) is 10.6. The number of hydrogen-bond donors (Lipinski definition) is 1. The van der Waals surface area contributed by atoms with E-state index in [1.807, 2.05) is 55.5 Å². The van der Waals surface area contributed by atoms with Crippen LogP contribution in [0.2, 0.25) is 5.02 Å². The fourth-order valence-electron chi connectivity index (χ4n) is 2.65. The first kappa shape index (κ1) is 21.9. The Morgan fingerprint density at radius 3 is 2.60 bits per heavy atom. The van der Waals surface area contributed by atoms with Crippen molar-refractivity contribution in [2.45, 2.75) is 13.5 Å². The number of carbonyl (C=O) groups is 1. The van der Waals surface area contributed by atoms with E-state index in [2.05, 4.69) is 27.9 Å². The van der Waals surface area contributed by atoms with Gasteiger partial charge in [0, 0.05) is 19.8 Å². The molecule has 30 heavy (non-hydrogen) atoms. The second-order valence-corrected chi connectivity index (χ2v) is 8.19. The van der Waals surface area contributed by atoms with Gasteiger partial charge in [-0.3, -0.25) is 4.79 Å². The molecule has 0 bridgehead atoms. The van der Waals surface area contributed by atoms with Crippen LogP contribution < -0.4 is 10.1 Å². The Balaban J connectivity index is 1.78. The van der Waals surface area contributed by atoms with Crippen molar-refractivity contribution >= 4 is 51.9 Å². The Bertz CT molecular complexity index is 1130. The van der Waals surface area contributed by atoms with E-state index in [4.69, 9.17) is 16.3 Å². The zero-order valence-electron chi connectivity index (χ0n) is 16.2. The van der Waals surface area contributed by atoms with Crippen LogP contribution in [-0.4, -0.2) is 5.91 Å². The molecule has 0 radical (unpaired) electrons. The number of nitrogens with one attached hydrogen (secondary N) is 1. The minimum atomic E-state index is -0.509. The SMILES string of the molecule is Cc1ccc(NC(=O)/C(C#N)=C\c2ccccc2OCc2ccc(I)cc2)cc1Cl. The van der Waals surface area contributed by atoms with Crippen molar-refractivity contribution in [3.8, 4) is 11.8 Å². The predicted octanol–water partition coefficient (Wildman–Crippen LogP) is 6.38. The van der Waals surface area contributed by atoms with Crippen molar-refractivity contribution in [1.82, 2.24) is 0 Å². The van der Waals surface area contributed by atoms with Crippen LogP contribution in [0, 0.1) is 21.8 Å². The van der Waals surface area contributed by atoms with Gasteiger partial charge in [0.25, 0.3) is 5.91 Å². The number of benzene rings is 3. The molecule has 0 spiro atoms. The minimum Gasteiger partial charge on any atom is -0.488 e. The molecule has 1 amide bonds. The molecule has 0 atom stereocenters. The number of ether oxygens (including phenoxy) is 1. The highest BCUT2D eigenvalue weighted by Crippen LogP contribution is 2.24. The first-order chi connectivity index (χ1) is 14.5. The Morgan fingerprint density at radius 2 is 1.90 bits per heavy atom. The highest BCUT2D eigenvalue weighted by atomic mass is 127. The maximum atomic E-state index is 12.6. The van der Waals surface area contributed by atoms with E-state index in [1.165, 1.54) is 6.08 Å². The van der Waals surface area contributed by atoms with Crippen molar-refractivity contribution in [1.29, 1.82) is 5.26 Å². The number of rotatable bonds is 6. The number of para-hydroxylation sites is 1. The topological polar surface area (TPSA) is 62.1 Å². The van der Waals surface area contributed by atoms with Gasteiger partial charge in [-0.1, -0.05) is 48.0 Å². The Morgan fingerprint density at radius 1 is 1.17 bits per heavy atom. The fourth-order valence-corrected chi connectivity index (χ4v) is 3.19. The fraction of sp³-hybridized carbons (Fsp3) is 0.0833. The van der Waals surface area contributed by atoms with Crippen molar-refractivity contribution in [3.63, 3.8) is 0 Å². The lowest BCUT2D eigenvalue weighted by Crippen LogP contribution is -2.13. The van der Waals surface area contributed by atoms with E-state index in [1.54, 1.807) is 24.3 Å². The van der Waals surface area contributed by atoms with Crippen LogP contribution in [0.4, 0.5) is 5.69 Å². The lowest BCUT2D eigenvalue weighted by atomic mass is 10.1. The molecule has 6 heteroatoms. The van der Waals surface area contributed by atoms with Crippen molar-refractivity contribution < 1.29 is 9.53 Å². The molecule has 0 saturated heterocycles. The highest BCUT2D eigenvalue weighted by Gasteiger charge is 2.12. The van der Waals surface area contributed by atoms with E-state index in [0.717, 1.165) is 14.7 Å². The van der Waals surface area contributed by atoms with E-state index in [9.17, 15) is 10.1 Å². The van der Waals surface area contributed by atoms with E-state index in [-0.39, 0.29) is 5.57 Å². The predicted molar refractivity (Wildman–Crippen MR) is 128 cm³/mol. The number of aryl methyl sites for hydroxylation is 1. The molecule has 0 aromatic heterocycles. The van der Waals surface area contributed by atoms with Crippen LogP contribution in [0.5, 0.6) is 5.75 Å². The molecule has 3 aromatic carbocycles. The summed E-state index contributed by atoms with van der Waals surface area (Å²) in [4.78, 5) is 12.6. The summed E-state index contributed by atoms with van der Waals surface area (Å²) in [6.45, 7) is 2.26. The molecule has 3 rings (SSSR count). The van der Waals surface area contributed by atoms with Gasteiger partial charge in [-0.05, 0) is 77.0 Å². The third-order valence-electron chi connectivity index (χ3n) is 4.32. The molecule has 4 nitrogen and oxygen atoms in total. The second kappa shape index (κ2) is 10.3. The lowest BCUT2D eigenvalue weighted by Gasteiger charge is -2.10. The van der Waals surface area contributed by atoms with Crippen molar-refractivity contribution in [2.75, 3.05) is 5.32 Å². The summed E-state index contributed by atoms with van der Waals surface area (Å²) in [5.74, 6) is 0.0832. The standard InChI is InChI=1S/C24H18ClIN2O2/c1-16-6-11-21(13-22(16)25)28-24(29)19(14-27)12-18-4-2-3-5-23(18)30-15-17-7-9-20(26)10-8-17/h2-13H,15H2,1H3,(H,28,29)/b19-12-. The molecule has 1 N–H and O–H groups in total. The lowest BCUT2D eigenvalue weighted by molar-refractivity contribution is -0.112. The van der Waals surface area contributed by atoms with Crippen LogP contribution in [-0.2, 0) is 11.4 Å². The van der Waals surface area contributed by atoms with Crippen LogP contribution in [0.25, 0.3) is 6.08 Å². The quantitative estimate of drug-likeness (QED) is 0.229. The molecule has 0 fully saturated rings. The average molecular weight is 529 g/mol. The molecule has 0 unspecified atom stereocenters. The largest absolute Gasteiger partial charge is 0.488 e. The number of nitriles is 1. The number of carbonyl (C=O) groups excluding carboxylic acids is 1. The van der Waals surface area contributed by atoms with Crippen LogP contribution in [0.3, 0.4) is 0 Å². The normalized spacial score (nSPS) is 10.9. The third-order valence-corrected chi connectivity index (χ3v) is 5.45. The second-order valence-electron chi connectivity index (χ2n) is 6.54. The molecule has 0 saturated carbocycles. The summed E-state index contributed by atoms with van der Waals surface area (Å²) >= 11 is 8.36. The maximum Gasteiger partial charge on any atom is 0.266 e. The van der Waals surface area contributed by atoms with E-state index in [0.29, 0.717) is 28.6 Å². The molecule has 0 heterocycles. The smallest absolute Gasteiger partial charge is 0.266 e. The molecule has 150 valence electrons. The molecular formula is C24H18ClIN2O2. The van der Waals surface area contributed by atoms with Gasteiger partial charge in [0.05, 0.1) is 0 Å². The van der Waals surface area contributed by atoms with Crippen molar-refractivity contribution in [2.24, 2.45) is 0 Å². The molecule has 3 aromatic rings. The zero-order chi connectivity index (χ0) is 21.5. The summed E-state index contributed by atoms with van der Waals surface area (Å²) < 4.78 is 7.08. The summed E-state index contributed by atoms with van der Waals surface area (Å²) in [6, 6.07) is 22.5. The van der Waals surface area contributed by atoms with Gasteiger partial charge in [0.2, 0.25) is 0 Å². The number of hydrogen-bond acceptors (Lipinski definition) is 3. The third kappa shape index (κ3) is 5.85. The van der Waals surface area contributed by atoms with Gasteiger partial charge >= 0.3 is 0 Å². The van der Waals surface area contributed by atoms with E-state index >= 15 is 0 Å². The maximum absolute atomic E-state index is 12.6. The molecular weight excluding hydrogens is 511 g/mol. The van der Waals surface area contributed by atoms with Gasteiger partial charge in [-0.2, -0.15) is 5.26 Å².